The zero-order valence-corrected chi connectivity index (χ0v) is 30.8. The Morgan fingerprint density at radius 1 is 0.511 bits per heavy atom. The topological polar surface area (TPSA) is 52.6 Å². The molecule has 0 N–H and O–H groups in total. The standard InChI is InChI=1S/C40H76NO4/c1-6-8-10-12-14-16-18-20-22-24-26-28-30-32-34-39(42)44-37-38(36-41(3,4)5)45-40(43)35-33-31-29-27-25-23-21-19-17-15-13-11-9-7-2/h18-21,38H,6-17,22-37H2,1-5H3/q+1/b20-18+,21-19+. The highest BCUT2D eigenvalue weighted by molar-refractivity contribution is 5.70. The van der Waals surface area contributed by atoms with E-state index in [1.54, 1.807) is 0 Å². The van der Waals surface area contributed by atoms with E-state index >= 15 is 0 Å². The first-order valence-corrected chi connectivity index (χ1v) is 19.2. The fourth-order valence-electron chi connectivity index (χ4n) is 5.56. The van der Waals surface area contributed by atoms with E-state index in [9.17, 15) is 9.59 Å². The number of esters is 2. The van der Waals surface area contributed by atoms with E-state index in [1.165, 1.54) is 116 Å². The molecule has 0 aromatic carbocycles. The molecule has 0 aromatic rings. The molecule has 5 nitrogen and oxygen atoms in total. The van der Waals surface area contributed by atoms with Gasteiger partial charge in [-0.3, -0.25) is 9.59 Å². The molecule has 0 saturated heterocycles. The molecule has 45 heavy (non-hydrogen) atoms. The van der Waals surface area contributed by atoms with Crippen molar-refractivity contribution in [2.75, 3.05) is 34.3 Å². The van der Waals surface area contributed by atoms with Crippen molar-refractivity contribution in [2.45, 2.75) is 187 Å². The normalized spacial score (nSPS) is 12.7. The summed E-state index contributed by atoms with van der Waals surface area (Å²) in [7, 11) is 6.20. The third-order valence-corrected chi connectivity index (χ3v) is 8.27. The predicted octanol–water partition coefficient (Wildman–Crippen LogP) is 11.4. The SMILES string of the molecule is CCCCCCC/C=C/CCCCCCCC(=O)OCC(C[N+](C)(C)C)OC(=O)CCCCCCC/C=C/CCCCCCC. The Morgan fingerprint density at radius 2 is 0.867 bits per heavy atom. The third kappa shape index (κ3) is 35.1. The number of likely N-dealkylation sites (N-methyl/N-ethyl adjacent to an activating group) is 1. The third-order valence-electron chi connectivity index (χ3n) is 8.27. The van der Waals surface area contributed by atoms with Crippen molar-refractivity contribution in [1.29, 1.82) is 0 Å². The molecule has 1 atom stereocenters. The van der Waals surface area contributed by atoms with Crippen molar-refractivity contribution < 1.29 is 23.5 Å². The fourth-order valence-corrected chi connectivity index (χ4v) is 5.56. The average molecular weight is 635 g/mol. The summed E-state index contributed by atoms with van der Waals surface area (Å²) in [5.41, 5.74) is 0. The van der Waals surface area contributed by atoms with Gasteiger partial charge in [0.15, 0.2) is 6.10 Å². The van der Waals surface area contributed by atoms with Crippen LogP contribution in [0.1, 0.15) is 181 Å². The molecule has 0 aromatic heterocycles. The second-order valence-electron chi connectivity index (χ2n) is 14.2. The summed E-state index contributed by atoms with van der Waals surface area (Å²) in [5.74, 6) is -0.352. The van der Waals surface area contributed by atoms with Crippen LogP contribution in [0.3, 0.4) is 0 Å². The van der Waals surface area contributed by atoms with Crippen LogP contribution in [0.25, 0.3) is 0 Å². The van der Waals surface area contributed by atoms with E-state index in [0.29, 0.717) is 23.9 Å². The van der Waals surface area contributed by atoms with Crippen LogP contribution in [0.4, 0.5) is 0 Å². The number of carbonyl (C=O) groups excluding carboxylic acids is 2. The van der Waals surface area contributed by atoms with Crippen molar-refractivity contribution in [1.82, 2.24) is 0 Å². The minimum atomic E-state index is -0.399. The fraction of sp³-hybridized carbons (Fsp3) is 0.850. The van der Waals surface area contributed by atoms with Crippen molar-refractivity contribution in [3.63, 3.8) is 0 Å². The second-order valence-corrected chi connectivity index (χ2v) is 14.2. The van der Waals surface area contributed by atoms with Gasteiger partial charge in [-0.05, 0) is 64.2 Å². The van der Waals surface area contributed by atoms with Gasteiger partial charge < -0.3 is 14.0 Å². The first-order chi connectivity index (χ1) is 21.8. The number of nitrogens with zero attached hydrogens (tertiary/aromatic N) is 1. The lowest BCUT2D eigenvalue weighted by Gasteiger charge is -2.28. The molecule has 5 heteroatoms. The van der Waals surface area contributed by atoms with Gasteiger partial charge in [-0.15, -0.1) is 0 Å². The molecule has 0 aliphatic heterocycles. The quantitative estimate of drug-likeness (QED) is 0.0312. The smallest absolute Gasteiger partial charge is 0.306 e. The molecule has 264 valence electrons. The zero-order valence-electron chi connectivity index (χ0n) is 30.8. The Hall–Kier alpha value is -1.62. The lowest BCUT2D eigenvalue weighted by Crippen LogP contribution is -2.45. The summed E-state index contributed by atoms with van der Waals surface area (Å²) in [6.45, 7) is 5.29. The lowest BCUT2D eigenvalue weighted by molar-refractivity contribution is -0.873. The van der Waals surface area contributed by atoms with E-state index in [-0.39, 0.29) is 18.5 Å². The molecule has 1 unspecified atom stereocenters. The number of allylic oxidation sites excluding steroid dienone is 4. The highest BCUT2D eigenvalue weighted by atomic mass is 16.6. The van der Waals surface area contributed by atoms with Crippen LogP contribution < -0.4 is 0 Å². The molecule has 0 spiro atoms. The molecule has 0 heterocycles. The number of ether oxygens (including phenoxy) is 2. The van der Waals surface area contributed by atoms with Crippen LogP contribution in [-0.4, -0.2) is 56.8 Å². The van der Waals surface area contributed by atoms with E-state index in [0.717, 1.165) is 38.5 Å². The largest absolute Gasteiger partial charge is 0.461 e. The number of unbranched alkanes of at least 4 members (excludes halogenated alkanes) is 20. The molecule has 0 radical (unpaired) electrons. The minimum absolute atomic E-state index is 0.150. The highest BCUT2D eigenvalue weighted by Gasteiger charge is 2.23. The molecule has 0 aliphatic rings. The van der Waals surface area contributed by atoms with Gasteiger partial charge in [-0.1, -0.05) is 128 Å². The summed E-state index contributed by atoms with van der Waals surface area (Å²) >= 11 is 0. The summed E-state index contributed by atoms with van der Waals surface area (Å²) in [6, 6.07) is 0. The molecule has 0 amide bonds. The van der Waals surface area contributed by atoms with Gasteiger partial charge in [0.05, 0.1) is 21.1 Å². The Labute approximate surface area is 280 Å². The molecule has 0 bridgehead atoms. The van der Waals surface area contributed by atoms with Crippen LogP contribution in [0.2, 0.25) is 0 Å². The molecule has 0 aliphatic carbocycles. The molecule has 0 saturated carbocycles. The molecular formula is C40H76NO4+. The summed E-state index contributed by atoms with van der Waals surface area (Å²) in [6.07, 6.45) is 39.2. The van der Waals surface area contributed by atoms with Gasteiger partial charge in [0.1, 0.15) is 13.2 Å². The highest BCUT2D eigenvalue weighted by Crippen LogP contribution is 2.13. The monoisotopic (exact) mass is 635 g/mol. The van der Waals surface area contributed by atoms with E-state index in [1.807, 2.05) is 0 Å². The Morgan fingerprint density at radius 3 is 1.27 bits per heavy atom. The van der Waals surface area contributed by atoms with Gasteiger partial charge >= 0.3 is 11.9 Å². The van der Waals surface area contributed by atoms with Crippen molar-refractivity contribution in [3.8, 4) is 0 Å². The zero-order chi connectivity index (χ0) is 33.3. The van der Waals surface area contributed by atoms with E-state index in [2.05, 4.69) is 59.3 Å². The van der Waals surface area contributed by atoms with Crippen LogP contribution >= 0.6 is 0 Å². The number of rotatable bonds is 33. The van der Waals surface area contributed by atoms with Crippen LogP contribution in [0.15, 0.2) is 24.3 Å². The first-order valence-electron chi connectivity index (χ1n) is 19.2. The Balaban J connectivity index is 3.92. The molecule has 0 rings (SSSR count). The van der Waals surface area contributed by atoms with E-state index in [4.69, 9.17) is 9.47 Å². The van der Waals surface area contributed by atoms with Gasteiger partial charge in [-0.2, -0.15) is 0 Å². The second kappa shape index (κ2) is 32.3. The van der Waals surface area contributed by atoms with Crippen molar-refractivity contribution >= 4 is 11.9 Å². The van der Waals surface area contributed by atoms with Crippen LogP contribution in [0, 0.1) is 0 Å². The number of hydrogen-bond donors (Lipinski definition) is 0. The van der Waals surface area contributed by atoms with E-state index < -0.39 is 6.10 Å². The minimum Gasteiger partial charge on any atom is -0.461 e. The van der Waals surface area contributed by atoms with Gasteiger partial charge in [0.25, 0.3) is 0 Å². The maximum Gasteiger partial charge on any atom is 0.306 e. The summed E-state index contributed by atoms with van der Waals surface area (Å²) in [5, 5.41) is 0. The van der Waals surface area contributed by atoms with Gasteiger partial charge in [0, 0.05) is 12.8 Å². The first kappa shape index (κ1) is 43.4. The van der Waals surface area contributed by atoms with Crippen LogP contribution in [-0.2, 0) is 19.1 Å². The predicted molar refractivity (Wildman–Crippen MR) is 193 cm³/mol. The maximum atomic E-state index is 12.5. The Bertz CT molecular complexity index is 724. The average Bonchev–Trinajstić information content (AvgIpc) is 2.99. The van der Waals surface area contributed by atoms with Gasteiger partial charge in [-0.25, -0.2) is 0 Å². The molecule has 0 fully saturated rings. The summed E-state index contributed by atoms with van der Waals surface area (Å²) < 4.78 is 12.0. The lowest BCUT2D eigenvalue weighted by atomic mass is 10.1. The molecular weight excluding hydrogens is 558 g/mol. The number of quaternary nitrogens is 1. The Kier molecular flexibility index (Phi) is 31.2. The van der Waals surface area contributed by atoms with Gasteiger partial charge in [0.2, 0.25) is 0 Å². The number of hydrogen-bond acceptors (Lipinski definition) is 4. The summed E-state index contributed by atoms with van der Waals surface area (Å²) in [4.78, 5) is 24.9. The maximum absolute atomic E-state index is 12.5. The van der Waals surface area contributed by atoms with Crippen molar-refractivity contribution in [2.24, 2.45) is 0 Å². The van der Waals surface area contributed by atoms with Crippen LogP contribution in [0.5, 0.6) is 0 Å². The number of carbonyl (C=O) groups is 2. The van der Waals surface area contributed by atoms with Crippen molar-refractivity contribution in [3.05, 3.63) is 24.3 Å².